The predicted octanol–water partition coefficient (Wildman–Crippen LogP) is 2.86. The van der Waals surface area contributed by atoms with Gasteiger partial charge in [0.1, 0.15) is 0 Å². The van der Waals surface area contributed by atoms with E-state index in [0.29, 0.717) is 18.6 Å². The average molecular weight is 270 g/mol. The lowest BCUT2D eigenvalue weighted by Crippen LogP contribution is -2.35. The van der Waals surface area contributed by atoms with E-state index in [1.54, 1.807) is 0 Å². The van der Waals surface area contributed by atoms with Gasteiger partial charge >= 0.3 is 0 Å². The Morgan fingerprint density at radius 2 is 2.15 bits per heavy atom. The van der Waals surface area contributed by atoms with Crippen molar-refractivity contribution in [2.75, 3.05) is 19.7 Å². The molecule has 1 aromatic heterocycles. The van der Waals surface area contributed by atoms with Crippen LogP contribution in [0.2, 0.25) is 0 Å². The Morgan fingerprint density at radius 1 is 1.25 bits per heavy atom. The highest BCUT2D eigenvalue weighted by atomic mass is 16.3. The first-order valence-electron chi connectivity index (χ1n) is 7.81. The highest BCUT2D eigenvalue weighted by Gasteiger charge is 2.33. The first-order chi connectivity index (χ1) is 9.86. The monoisotopic (exact) mass is 270 g/mol. The van der Waals surface area contributed by atoms with Gasteiger partial charge in [-0.1, -0.05) is 18.2 Å². The van der Waals surface area contributed by atoms with Crippen molar-refractivity contribution in [2.45, 2.75) is 31.7 Å². The minimum Gasteiger partial charge on any atom is -0.396 e. The van der Waals surface area contributed by atoms with E-state index < -0.39 is 0 Å². The molecule has 2 aromatic rings. The molecule has 3 nitrogen and oxygen atoms in total. The number of aromatic amines is 1. The first kappa shape index (κ1) is 12.4. The number of rotatable bonds is 1. The van der Waals surface area contributed by atoms with E-state index in [1.807, 2.05) is 0 Å². The van der Waals surface area contributed by atoms with Gasteiger partial charge in [0.25, 0.3) is 0 Å². The van der Waals surface area contributed by atoms with Crippen molar-refractivity contribution >= 4 is 10.9 Å². The summed E-state index contributed by atoms with van der Waals surface area (Å²) in [5, 5.41) is 11.0. The number of hydrogen-bond donors (Lipinski definition) is 2. The summed E-state index contributed by atoms with van der Waals surface area (Å²) < 4.78 is 0. The summed E-state index contributed by atoms with van der Waals surface area (Å²) in [4.78, 5) is 6.28. The largest absolute Gasteiger partial charge is 0.396 e. The second kappa shape index (κ2) is 4.90. The van der Waals surface area contributed by atoms with Gasteiger partial charge < -0.3 is 10.1 Å². The van der Waals surface area contributed by atoms with E-state index in [0.717, 1.165) is 19.4 Å². The summed E-state index contributed by atoms with van der Waals surface area (Å²) >= 11 is 0. The molecule has 0 saturated carbocycles. The lowest BCUT2D eigenvalue weighted by Gasteiger charge is -2.35. The SMILES string of the molecule is OCC1CCCN2CCc3c([nH]c4ccccc34)C2C1. The van der Waals surface area contributed by atoms with Gasteiger partial charge in [0.15, 0.2) is 0 Å². The quantitative estimate of drug-likeness (QED) is 0.836. The number of fused-ring (bicyclic) bond motifs is 5. The number of nitrogens with one attached hydrogen (secondary N) is 1. The Kier molecular flexibility index (Phi) is 3.04. The van der Waals surface area contributed by atoms with Gasteiger partial charge in [-0.05, 0) is 49.8 Å². The molecule has 1 saturated heterocycles. The molecule has 0 radical (unpaired) electrons. The number of benzene rings is 1. The van der Waals surface area contributed by atoms with Crippen molar-refractivity contribution in [2.24, 2.45) is 5.92 Å². The number of aliphatic hydroxyl groups is 1. The maximum atomic E-state index is 9.57. The summed E-state index contributed by atoms with van der Waals surface area (Å²) in [7, 11) is 0. The van der Waals surface area contributed by atoms with Crippen LogP contribution in [0.5, 0.6) is 0 Å². The molecule has 0 bridgehead atoms. The lowest BCUT2D eigenvalue weighted by molar-refractivity contribution is 0.157. The van der Waals surface area contributed by atoms with E-state index in [2.05, 4.69) is 34.1 Å². The van der Waals surface area contributed by atoms with Crippen LogP contribution in [0.4, 0.5) is 0 Å². The van der Waals surface area contributed by atoms with Crippen LogP contribution >= 0.6 is 0 Å². The van der Waals surface area contributed by atoms with Crippen molar-refractivity contribution in [3.05, 3.63) is 35.5 Å². The molecule has 106 valence electrons. The Hall–Kier alpha value is -1.32. The molecule has 2 aliphatic heterocycles. The third kappa shape index (κ3) is 1.88. The minimum absolute atomic E-state index is 0.333. The summed E-state index contributed by atoms with van der Waals surface area (Å²) in [6.07, 6.45) is 4.63. The van der Waals surface area contributed by atoms with Crippen molar-refractivity contribution in [3.8, 4) is 0 Å². The highest BCUT2D eigenvalue weighted by molar-refractivity contribution is 5.85. The van der Waals surface area contributed by atoms with Crippen molar-refractivity contribution in [3.63, 3.8) is 0 Å². The molecule has 0 amide bonds. The topological polar surface area (TPSA) is 39.3 Å². The molecular weight excluding hydrogens is 248 g/mol. The van der Waals surface area contributed by atoms with Crippen molar-refractivity contribution in [1.29, 1.82) is 0 Å². The van der Waals surface area contributed by atoms with Crippen molar-refractivity contribution in [1.82, 2.24) is 9.88 Å². The number of nitrogens with zero attached hydrogens (tertiary/aromatic N) is 1. The number of H-pyrrole nitrogens is 1. The molecule has 2 aliphatic rings. The molecule has 2 unspecified atom stereocenters. The second-order valence-corrected chi connectivity index (χ2v) is 6.29. The third-order valence-corrected chi connectivity index (χ3v) is 5.14. The molecule has 2 N–H and O–H groups in total. The third-order valence-electron chi connectivity index (χ3n) is 5.14. The zero-order chi connectivity index (χ0) is 13.5. The molecule has 0 aliphatic carbocycles. The standard InChI is InChI=1S/C17H22N2O/c20-11-12-4-3-8-19-9-7-14-13-5-1-2-6-15(13)18-17(14)16(19)10-12/h1-2,5-6,12,16,18,20H,3-4,7-11H2. The molecule has 3 heteroatoms. The summed E-state index contributed by atoms with van der Waals surface area (Å²) in [5.41, 5.74) is 4.20. The normalized spacial score (nSPS) is 27.1. The number of hydrogen-bond acceptors (Lipinski definition) is 2. The fourth-order valence-electron chi connectivity index (χ4n) is 4.09. The Labute approximate surface area is 119 Å². The van der Waals surface area contributed by atoms with Gasteiger partial charge in [0.05, 0.1) is 6.04 Å². The van der Waals surface area contributed by atoms with Gasteiger partial charge in [-0.2, -0.15) is 0 Å². The zero-order valence-electron chi connectivity index (χ0n) is 11.8. The summed E-state index contributed by atoms with van der Waals surface area (Å²) in [6, 6.07) is 9.13. The van der Waals surface area contributed by atoms with Crippen LogP contribution in [0.3, 0.4) is 0 Å². The molecule has 3 heterocycles. The zero-order valence-corrected chi connectivity index (χ0v) is 11.8. The lowest BCUT2D eigenvalue weighted by atomic mass is 9.91. The molecule has 2 atom stereocenters. The van der Waals surface area contributed by atoms with Crippen molar-refractivity contribution < 1.29 is 5.11 Å². The fraction of sp³-hybridized carbons (Fsp3) is 0.529. The van der Waals surface area contributed by atoms with Crippen LogP contribution in [0.1, 0.15) is 36.6 Å². The Bertz CT molecular complexity index is 618. The van der Waals surface area contributed by atoms with Crippen LogP contribution in [0.25, 0.3) is 10.9 Å². The van der Waals surface area contributed by atoms with Crippen LogP contribution in [-0.2, 0) is 6.42 Å². The summed E-state index contributed by atoms with van der Waals surface area (Å²) in [5.74, 6) is 0.461. The molecular formula is C17H22N2O. The maximum Gasteiger partial charge on any atom is 0.0505 e. The molecule has 20 heavy (non-hydrogen) atoms. The fourth-order valence-corrected chi connectivity index (χ4v) is 4.09. The second-order valence-electron chi connectivity index (χ2n) is 6.29. The van der Waals surface area contributed by atoms with E-state index in [-0.39, 0.29) is 0 Å². The van der Waals surface area contributed by atoms with Gasteiger partial charge in [-0.25, -0.2) is 0 Å². The first-order valence-corrected chi connectivity index (χ1v) is 7.81. The van der Waals surface area contributed by atoms with E-state index >= 15 is 0 Å². The van der Waals surface area contributed by atoms with E-state index in [4.69, 9.17) is 0 Å². The Balaban J connectivity index is 1.79. The highest BCUT2D eigenvalue weighted by Crippen LogP contribution is 2.40. The number of para-hydroxylation sites is 1. The minimum atomic E-state index is 0.333. The van der Waals surface area contributed by atoms with Crippen LogP contribution in [0, 0.1) is 5.92 Å². The predicted molar refractivity (Wildman–Crippen MR) is 80.7 cm³/mol. The van der Waals surface area contributed by atoms with Crippen LogP contribution in [0.15, 0.2) is 24.3 Å². The number of aromatic nitrogens is 1. The van der Waals surface area contributed by atoms with Gasteiger partial charge in [0.2, 0.25) is 0 Å². The van der Waals surface area contributed by atoms with Gasteiger partial charge in [-0.15, -0.1) is 0 Å². The number of aliphatic hydroxyl groups excluding tert-OH is 1. The molecule has 1 fully saturated rings. The van der Waals surface area contributed by atoms with Gasteiger partial charge in [0, 0.05) is 29.7 Å². The average Bonchev–Trinajstić information content (AvgIpc) is 2.73. The molecule has 4 rings (SSSR count). The van der Waals surface area contributed by atoms with Crippen LogP contribution in [-0.4, -0.2) is 34.7 Å². The molecule has 0 spiro atoms. The molecule has 1 aromatic carbocycles. The Morgan fingerprint density at radius 3 is 3.05 bits per heavy atom. The van der Waals surface area contributed by atoms with E-state index in [9.17, 15) is 5.11 Å². The maximum absolute atomic E-state index is 9.57. The van der Waals surface area contributed by atoms with Gasteiger partial charge in [-0.3, -0.25) is 4.90 Å². The van der Waals surface area contributed by atoms with Crippen LogP contribution < -0.4 is 0 Å². The van der Waals surface area contributed by atoms with E-state index in [1.165, 1.54) is 41.5 Å². The smallest absolute Gasteiger partial charge is 0.0505 e. The summed E-state index contributed by atoms with van der Waals surface area (Å²) in [6.45, 7) is 2.67.